The van der Waals surface area contributed by atoms with E-state index in [9.17, 15) is 14.7 Å². The summed E-state index contributed by atoms with van der Waals surface area (Å²) in [5, 5.41) is 11.3. The van der Waals surface area contributed by atoms with Crippen LogP contribution in [0.2, 0.25) is 0 Å². The van der Waals surface area contributed by atoms with Crippen LogP contribution in [0.1, 0.15) is 59.3 Å². The summed E-state index contributed by atoms with van der Waals surface area (Å²) in [6.45, 7) is 7.59. The standard InChI is InChI=1S/C25H41NO5/c1-16-17(14-21(28)31-13-12-26(4)5)8-9-18-22(16)19(27)15-20-24(18,2)10-7-11-25(20,3)23(29)30-6/h14,16,18-20,22,27H,7-13,15H2,1-6H3. The van der Waals surface area contributed by atoms with Crippen LogP contribution in [0.15, 0.2) is 11.6 Å². The Morgan fingerprint density at radius 3 is 2.61 bits per heavy atom. The lowest BCUT2D eigenvalue weighted by molar-refractivity contribution is -0.189. The lowest BCUT2D eigenvalue weighted by atomic mass is 9.42. The maximum Gasteiger partial charge on any atom is 0.330 e. The lowest BCUT2D eigenvalue weighted by Crippen LogP contribution is -2.60. The fourth-order valence-corrected chi connectivity index (χ4v) is 7.20. The minimum atomic E-state index is -0.538. The minimum Gasteiger partial charge on any atom is -0.469 e. The van der Waals surface area contributed by atoms with Crippen LogP contribution in [0.3, 0.4) is 0 Å². The Bertz CT molecular complexity index is 719. The van der Waals surface area contributed by atoms with Crippen LogP contribution in [0, 0.1) is 34.5 Å². The monoisotopic (exact) mass is 435 g/mol. The number of ether oxygens (including phenoxy) is 2. The molecule has 0 aromatic carbocycles. The number of aliphatic hydroxyl groups is 1. The Hall–Kier alpha value is -1.40. The fourth-order valence-electron chi connectivity index (χ4n) is 7.20. The largest absolute Gasteiger partial charge is 0.469 e. The number of nitrogens with zero attached hydrogens (tertiary/aromatic N) is 1. The quantitative estimate of drug-likeness (QED) is 0.527. The number of hydrogen-bond donors (Lipinski definition) is 1. The van der Waals surface area contributed by atoms with E-state index in [1.54, 1.807) is 6.08 Å². The molecule has 1 N–H and O–H groups in total. The average molecular weight is 436 g/mol. The second-order valence-electron chi connectivity index (χ2n) is 10.8. The molecular weight excluding hydrogens is 394 g/mol. The molecule has 0 aliphatic heterocycles. The highest BCUT2D eigenvalue weighted by Crippen LogP contribution is 2.65. The molecule has 0 aromatic rings. The molecule has 7 unspecified atom stereocenters. The first kappa shape index (κ1) is 24.2. The summed E-state index contributed by atoms with van der Waals surface area (Å²) < 4.78 is 10.6. The Morgan fingerprint density at radius 1 is 1.26 bits per heavy atom. The van der Waals surface area contributed by atoms with E-state index in [1.807, 2.05) is 25.9 Å². The van der Waals surface area contributed by atoms with E-state index >= 15 is 0 Å². The van der Waals surface area contributed by atoms with Gasteiger partial charge in [-0.05, 0) is 82.2 Å². The van der Waals surface area contributed by atoms with Crippen LogP contribution in [0.5, 0.6) is 0 Å². The van der Waals surface area contributed by atoms with Gasteiger partial charge in [0, 0.05) is 12.6 Å². The number of methoxy groups -OCH3 is 1. The van der Waals surface area contributed by atoms with E-state index in [0.717, 1.165) is 37.7 Å². The summed E-state index contributed by atoms with van der Waals surface area (Å²) in [6.07, 6.45) is 6.49. The van der Waals surface area contributed by atoms with Gasteiger partial charge < -0.3 is 19.5 Å². The lowest BCUT2D eigenvalue weighted by Gasteiger charge is -2.62. The normalized spacial score (nSPS) is 41.4. The molecule has 176 valence electrons. The second kappa shape index (κ2) is 9.22. The zero-order chi connectivity index (χ0) is 23.0. The zero-order valence-electron chi connectivity index (χ0n) is 20.1. The molecule has 3 aliphatic rings. The first-order valence-corrected chi connectivity index (χ1v) is 11.8. The molecule has 0 bridgehead atoms. The van der Waals surface area contributed by atoms with Crippen molar-refractivity contribution in [2.45, 2.75) is 65.4 Å². The van der Waals surface area contributed by atoms with Gasteiger partial charge in [-0.3, -0.25) is 4.79 Å². The highest BCUT2D eigenvalue weighted by atomic mass is 16.5. The first-order valence-electron chi connectivity index (χ1n) is 11.8. The van der Waals surface area contributed by atoms with E-state index < -0.39 is 11.5 Å². The van der Waals surface area contributed by atoms with Crippen molar-refractivity contribution in [2.75, 3.05) is 34.4 Å². The van der Waals surface area contributed by atoms with Gasteiger partial charge in [0.25, 0.3) is 0 Å². The van der Waals surface area contributed by atoms with Gasteiger partial charge in [-0.15, -0.1) is 0 Å². The third-order valence-corrected chi connectivity index (χ3v) is 8.85. The summed E-state index contributed by atoms with van der Waals surface area (Å²) >= 11 is 0. The molecule has 3 saturated carbocycles. The predicted molar refractivity (Wildman–Crippen MR) is 119 cm³/mol. The van der Waals surface area contributed by atoms with E-state index in [0.29, 0.717) is 25.5 Å². The number of rotatable bonds is 5. The van der Waals surface area contributed by atoms with Crippen molar-refractivity contribution >= 4 is 11.9 Å². The Kier molecular flexibility index (Phi) is 7.21. The average Bonchev–Trinajstić information content (AvgIpc) is 2.70. The van der Waals surface area contributed by atoms with Gasteiger partial charge in [0.05, 0.1) is 18.6 Å². The Morgan fingerprint density at radius 2 is 1.97 bits per heavy atom. The highest BCUT2D eigenvalue weighted by molar-refractivity contribution is 5.83. The molecule has 3 rings (SSSR count). The zero-order valence-corrected chi connectivity index (χ0v) is 20.1. The van der Waals surface area contributed by atoms with E-state index in [-0.39, 0.29) is 35.1 Å². The van der Waals surface area contributed by atoms with Crippen LogP contribution < -0.4 is 0 Å². The van der Waals surface area contributed by atoms with Gasteiger partial charge in [-0.25, -0.2) is 4.79 Å². The first-order chi connectivity index (χ1) is 14.5. The number of carbonyl (C=O) groups is 2. The number of hydrogen-bond acceptors (Lipinski definition) is 6. The molecule has 0 spiro atoms. The number of carbonyl (C=O) groups excluding carboxylic acids is 2. The summed E-state index contributed by atoms with van der Waals surface area (Å²) in [5.41, 5.74) is 0.546. The van der Waals surface area contributed by atoms with Crippen molar-refractivity contribution in [2.24, 2.45) is 34.5 Å². The molecular formula is C25H41NO5. The molecule has 6 nitrogen and oxygen atoms in total. The third kappa shape index (κ3) is 4.43. The Balaban J connectivity index is 1.80. The topological polar surface area (TPSA) is 76.1 Å². The van der Waals surface area contributed by atoms with Gasteiger partial charge in [0.1, 0.15) is 6.61 Å². The van der Waals surface area contributed by atoms with Crippen molar-refractivity contribution < 1.29 is 24.2 Å². The van der Waals surface area contributed by atoms with E-state index in [4.69, 9.17) is 9.47 Å². The smallest absolute Gasteiger partial charge is 0.330 e. The van der Waals surface area contributed by atoms with Gasteiger partial charge in [-0.2, -0.15) is 0 Å². The molecule has 7 atom stereocenters. The summed E-state index contributed by atoms with van der Waals surface area (Å²) in [7, 11) is 5.37. The predicted octanol–water partition coefficient (Wildman–Crippen LogP) is 3.43. The number of allylic oxidation sites excluding steroid dienone is 1. The third-order valence-electron chi connectivity index (χ3n) is 8.85. The van der Waals surface area contributed by atoms with Crippen LogP contribution >= 0.6 is 0 Å². The van der Waals surface area contributed by atoms with Gasteiger partial charge in [-0.1, -0.05) is 25.8 Å². The molecule has 6 heteroatoms. The van der Waals surface area contributed by atoms with Crippen LogP contribution in [0.4, 0.5) is 0 Å². The fraction of sp³-hybridized carbons (Fsp3) is 0.840. The maximum absolute atomic E-state index is 12.8. The maximum atomic E-state index is 12.8. The second-order valence-corrected chi connectivity index (χ2v) is 10.8. The van der Waals surface area contributed by atoms with E-state index in [1.165, 1.54) is 7.11 Å². The molecule has 3 aliphatic carbocycles. The van der Waals surface area contributed by atoms with Crippen molar-refractivity contribution in [3.05, 3.63) is 11.6 Å². The summed E-state index contributed by atoms with van der Waals surface area (Å²) in [4.78, 5) is 27.1. The van der Waals surface area contributed by atoms with Crippen LogP contribution in [-0.2, 0) is 19.1 Å². The molecule has 0 aromatic heterocycles. The molecule has 0 amide bonds. The van der Waals surface area contributed by atoms with Gasteiger partial charge in [0.15, 0.2) is 0 Å². The van der Waals surface area contributed by atoms with Crippen molar-refractivity contribution in [3.63, 3.8) is 0 Å². The van der Waals surface area contributed by atoms with E-state index in [2.05, 4.69) is 13.8 Å². The molecule has 0 saturated heterocycles. The molecule has 0 heterocycles. The Labute approximate surface area is 187 Å². The van der Waals surface area contributed by atoms with Gasteiger partial charge in [0.2, 0.25) is 0 Å². The number of aliphatic hydroxyl groups excluding tert-OH is 1. The summed E-state index contributed by atoms with van der Waals surface area (Å²) in [5.74, 6) is 0.259. The van der Waals surface area contributed by atoms with Crippen molar-refractivity contribution in [3.8, 4) is 0 Å². The van der Waals surface area contributed by atoms with Crippen molar-refractivity contribution in [1.82, 2.24) is 4.90 Å². The van der Waals surface area contributed by atoms with Crippen LogP contribution in [0.25, 0.3) is 0 Å². The van der Waals surface area contributed by atoms with Crippen molar-refractivity contribution in [1.29, 1.82) is 0 Å². The SMILES string of the molecule is COC(=O)C1(C)CCCC2(C)C3CCC(=CC(=O)OCCN(C)C)C(C)C3C(O)CC12. The highest BCUT2D eigenvalue weighted by Gasteiger charge is 2.62. The number of likely N-dealkylation sites (N-methyl/N-ethyl adjacent to an activating group) is 1. The van der Waals surface area contributed by atoms with Crippen LogP contribution in [-0.4, -0.2) is 62.4 Å². The minimum absolute atomic E-state index is 0.00288. The molecule has 31 heavy (non-hydrogen) atoms. The van der Waals surface area contributed by atoms with Gasteiger partial charge >= 0.3 is 11.9 Å². The molecule has 3 fully saturated rings. The number of fused-ring (bicyclic) bond motifs is 3. The number of esters is 2. The summed E-state index contributed by atoms with van der Waals surface area (Å²) in [6, 6.07) is 0. The molecule has 0 radical (unpaired) electrons.